The number of aryl methyl sites for hydroxylation is 1. The first kappa shape index (κ1) is 18.4. The molecular formula is C19H26N4O3. The molecule has 3 rings (SSSR count). The number of nitrogens with zero attached hydrogens (tertiary/aromatic N) is 4. The Morgan fingerprint density at radius 1 is 1.42 bits per heavy atom. The molecule has 0 unspecified atom stereocenters. The maximum atomic E-state index is 12.5. The topological polar surface area (TPSA) is 80.5 Å². The number of likely N-dealkylation sites (tertiary alicyclic amines) is 1. The second-order valence-electron chi connectivity index (χ2n) is 7.23. The number of hydrogen-bond donors (Lipinski definition) is 1. The maximum Gasteiger partial charge on any atom is 0.260 e. The Kier molecular flexibility index (Phi) is 5.27. The minimum atomic E-state index is -1.16. The number of carbonyl (C=O) groups is 1. The van der Waals surface area contributed by atoms with Crippen LogP contribution in [0.25, 0.3) is 0 Å². The molecule has 140 valence electrons. The van der Waals surface area contributed by atoms with Gasteiger partial charge < -0.3 is 14.7 Å². The Morgan fingerprint density at radius 2 is 2.23 bits per heavy atom. The number of aromatic nitrogens is 3. The van der Waals surface area contributed by atoms with Crippen molar-refractivity contribution >= 4 is 5.91 Å². The van der Waals surface area contributed by atoms with Crippen LogP contribution in [0, 0.1) is 6.92 Å². The van der Waals surface area contributed by atoms with Crippen LogP contribution in [0.5, 0.6) is 5.75 Å². The van der Waals surface area contributed by atoms with Gasteiger partial charge in [0.2, 0.25) is 0 Å². The van der Waals surface area contributed by atoms with E-state index in [9.17, 15) is 9.90 Å². The van der Waals surface area contributed by atoms with E-state index in [0.717, 1.165) is 5.56 Å². The van der Waals surface area contributed by atoms with Gasteiger partial charge in [-0.25, -0.2) is 4.68 Å². The first-order chi connectivity index (χ1) is 12.4. The highest BCUT2D eigenvalue weighted by molar-refractivity contribution is 5.78. The molecule has 0 aliphatic carbocycles. The van der Waals surface area contributed by atoms with Crippen molar-refractivity contribution in [3.05, 3.63) is 41.7 Å². The first-order valence-corrected chi connectivity index (χ1v) is 8.99. The van der Waals surface area contributed by atoms with E-state index in [2.05, 4.69) is 10.3 Å². The van der Waals surface area contributed by atoms with Gasteiger partial charge in [0, 0.05) is 12.6 Å². The Bertz CT molecular complexity index is 774. The number of amides is 1. The molecule has 1 aliphatic rings. The van der Waals surface area contributed by atoms with E-state index in [4.69, 9.17) is 4.74 Å². The third kappa shape index (κ3) is 4.04. The van der Waals surface area contributed by atoms with Crippen LogP contribution in [-0.4, -0.2) is 50.6 Å². The number of ether oxygens (including phenoxy) is 1. The number of piperidine rings is 1. The molecule has 7 nitrogen and oxygen atoms in total. The largest absolute Gasteiger partial charge is 0.484 e. The zero-order chi connectivity index (χ0) is 18.7. The summed E-state index contributed by atoms with van der Waals surface area (Å²) in [7, 11) is 0. The molecule has 1 fully saturated rings. The van der Waals surface area contributed by atoms with Crippen LogP contribution in [0.3, 0.4) is 0 Å². The minimum absolute atomic E-state index is 0.0434. The minimum Gasteiger partial charge on any atom is -0.484 e. The van der Waals surface area contributed by atoms with Gasteiger partial charge in [-0.05, 0) is 51.3 Å². The van der Waals surface area contributed by atoms with E-state index in [0.29, 0.717) is 30.8 Å². The molecule has 0 saturated carbocycles. The molecule has 2 aromatic rings. The standard InChI is InChI=1S/C19H26N4O3/c1-14(2)23-11-17(20-21-23)19(25)8-5-9-22(13-19)18(24)12-26-16-7-4-6-15(3)10-16/h4,6-7,10-11,14,25H,5,8-9,12-13H2,1-3H3/t19-/m1/s1. The molecular weight excluding hydrogens is 332 g/mol. The second kappa shape index (κ2) is 7.45. The normalized spacial score (nSPS) is 20.4. The van der Waals surface area contributed by atoms with E-state index in [1.54, 1.807) is 15.8 Å². The van der Waals surface area contributed by atoms with Crippen molar-refractivity contribution in [1.29, 1.82) is 0 Å². The van der Waals surface area contributed by atoms with Crippen LogP contribution in [0.2, 0.25) is 0 Å². The highest BCUT2D eigenvalue weighted by atomic mass is 16.5. The van der Waals surface area contributed by atoms with Crippen LogP contribution in [0.4, 0.5) is 0 Å². The average molecular weight is 358 g/mol. The fourth-order valence-corrected chi connectivity index (χ4v) is 3.14. The zero-order valence-electron chi connectivity index (χ0n) is 15.6. The summed E-state index contributed by atoms with van der Waals surface area (Å²) >= 11 is 0. The van der Waals surface area contributed by atoms with Crippen molar-refractivity contribution < 1.29 is 14.6 Å². The van der Waals surface area contributed by atoms with Crippen molar-refractivity contribution in [3.63, 3.8) is 0 Å². The molecule has 1 aromatic carbocycles. The molecule has 1 saturated heterocycles. The fraction of sp³-hybridized carbons (Fsp3) is 0.526. The summed E-state index contributed by atoms with van der Waals surface area (Å²) in [4.78, 5) is 14.2. The average Bonchev–Trinajstić information content (AvgIpc) is 3.11. The Morgan fingerprint density at radius 3 is 2.92 bits per heavy atom. The molecule has 1 aliphatic heterocycles. The lowest BCUT2D eigenvalue weighted by molar-refractivity contribution is -0.141. The third-order valence-corrected chi connectivity index (χ3v) is 4.69. The highest BCUT2D eigenvalue weighted by Gasteiger charge is 2.39. The van der Waals surface area contributed by atoms with Crippen molar-refractivity contribution in [1.82, 2.24) is 19.9 Å². The van der Waals surface area contributed by atoms with Gasteiger partial charge in [0.25, 0.3) is 5.91 Å². The number of rotatable bonds is 5. The Labute approximate surface area is 153 Å². The van der Waals surface area contributed by atoms with Crippen LogP contribution in [0.15, 0.2) is 30.5 Å². The zero-order valence-corrected chi connectivity index (χ0v) is 15.6. The molecule has 0 radical (unpaired) electrons. The van der Waals surface area contributed by atoms with Gasteiger partial charge in [0.05, 0.1) is 12.7 Å². The number of carbonyl (C=O) groups excluding carboxylic acids is 1. The SMILES string of the molecule is Cc1cccc(OCC(=O)N2CCC[C@](O)(c3cn(C(C)C)nn3)C2)c1. The lowest BCUT2D eigenvalue weighted by Gasteiger charge is -2.37. The van der Waals surface area contributed by atoms with Crippen LogP contribution >= 0.6 is 0 Å². The van der Waals surface area contributed by atoms with Crippen molar-refractivity contribution in [3.8, 4) is 5.75 Å². The molecule has 1 aromatic heterocycles. The fourth-order valence-electron chi connectivity index (χ4n) is 3.14. The molecule has 1 amide bonds. The van der Waals surface area contributed by atoms with E-state index < -0.39 is 5.60 Å². The van der Waals surface area contributed by atoms with Crippen LogP contribution in [-0.2, 0) is 10.4 Å². The molecule has 2 heterocycles. The number of benzene rings is 1. The Hall–Kier alpha value is -2.41. The molecule has 0 bridgehead atoms. The van der Waals surface area contributed by atoms with Gasteiger partial charge in [-0.15, -0.1) is 5.10 Å². The summed E-state index contributed by atoms with van der Waals surface area (Å²) < 4.78 is 7.32. The lowest BCUT2D eigenvalue weighted by Crippen LogP contribution is -2.50. The Balaban J connectivity index is 1.64. The van der Waals surface area contributed by atoms with Crippen molar-refractivity contribution in [2.45, 2.75) is 45.3 Å². The van der Waals surface area contributed by atoms with Gasteiger partial charge in [-0.3, -0.25) is 4.79 Å². The predicted molar refractivity (Wildman–Crippen MR) is 96.8 cm³/mol. The quantitative estimate of drug-likeness (QED) is 0.885. The van der Waals surface area contributed by atoms with E-state index in [-0.39, 0.29) is 25.1 Å². The monoisotopic (exact) mass is 358 g/mol. The van der Waals surface area contributed by atoms with Gasteiger partial charge in [0.15, 0.2) is 6.61 Å². The first-order valence-electron chi connectivity index (χ1n) is 8.99. The van der Waals surface area contributed by atoms with Crippen LogP contribution in [0.1, 0.15) is 44.0 Å². The number of hydrogen-bond acceptors (Lipinski definition) is 5. The van der Waals surface area contributed by atoms with E-state index >= 15 is 0 Å². The second-order valence-corrected chi connectivity index (χ2v) is 7.23. The molecule has 26 heavy (non-hydrogen) atoms. The summed E-state index contributed by atoms with van der Waals surface area (Å²) in [6.45, 7) is 6.75. The summed E-state index contributed by atoms with van der Waals surface area (Å²) in [6.07, 6.45) is 3.04. The molecule has 0 spiro atoms. The molecule has 7 heteroatoms. The lowest BCUT2D eigenvalue weighted by atomic mass is 9.90. The predicted octanol–water partition coefficient (Wildman–Crippen LogP) is 2.06. The highest BCUT2D eigenvalue weighted by Crippen LogP contribution is 2.30. The van der Waals surface area contributed by atoms with Crippen molar-refractivity contribution in [2.24, 2.45) is 0 Å². The molecule has 1 N–H and O–H groups in total. The van der Waals surface area contributed by atoms with Gasteiger partial charge in [-0.2, -0.15) is 0 Å². The third-order valence-electron chi connectivity index (χ3n) is 4.69. The summed E-state index contributed by atoms with van der Waals surface area (Å²) in [5, 5.41) is 19.2. The van der Waals surface area contributed by atoms with Crippen molar-refractivity contribution in [2.75, 3.05) is 19.7 Å². The smallest absolute Gasteiger partial charge is 0.260 e. The van der Waals surface area contributed by atoms with E-state index in [1.165, 1.54) is 0 Å². The number of aliphatic hydroxyl groups is 1. The number of β-amino-alcohol motifs (C(OH)–C–C–N with tert-alkyl or cyclic N) is 1. The maximum absolute atomic E-state index is 12.5. The van der Waals surface area contributed by atoms with E-state index in [1.807, 2.05) is 45.0 Å². The van der Waals surface area contributed by atoms with Gasteiger partial charge >= 0.3 is 0 Å². The molecule has 1 atom stereocenters. The van der Waals surface area contributed by atoms with Gasteiger partial charge in [-0.1, -0.05) is 17.3 Å². The summed E-state index contributed by atoms with van der Waals surface area (Å²) in [5.74, 6) is 0.534. The summed E-state index contributed by atoms with van der Waals surface area (Å²) in [5.41, 5.74) is 0.434. The van der Waals surface area contributed by atoms with Gasteiger partial charge in [0.1, 0.15) is 17.0 Å². The van der Waals surface area contributed by atoms with Crippen LogP contribution < -0.4 is 4.74 Å². The summed E-state index contributed by atoms with van der Waals surface area (Å²) in [6, 6.07) is 7.77.